The first-order valence-corrected chi connectivity index (χ1v) is 8.46. The van der Waals surface area contributed by atoms with Crippen LogP contribution in [-0.2, 0) is 16.6 Å². The Morgan fingerprint density at radius 1 is 1.39 bits per heavy atom. The lowest BCUT2D eigenvalue weighted by atomic mass is 10.1. The lowest BCUT2D eigenvalue weighted by Gasteiger charge is -2.10. The van der Waals surface area contributed by atoms with Gasteiger partial charge in [-0.15, -0.1) is 11.3 Å². The van der Waals surface area contributed by atoms with Crippen LogP contribution in [0, 0.1) is 12.8 Å². The molecule has 0 aliphatic heterocycles. The van der Waals surface area contributed by atoms with Gasteiger partial charge in [0.2, 0.25) is 10.0 Å². The van der Waals surface area contributed by atoms with Crippen molar-refractivity contribution in [3.63, 3.8) is 0 Å². The average Bonchev–Trinajstić information content (AvgIpc) is 2.60. The Morgan fingerprint density at radius 3 is 2.61 bits per heavy atom. The second-order valence-electron chi connectivity index (χ2n) is 4.78. The molecule has 1 aromatic heterocycles. The molecule has 0 spiro atoms. The normalized spacial score (nSPS) is 12.3. The fourth-order valence-corrected chi connectivity index (χ4v) is 4.55. The summed E-state index contributed by atoms with van der Waals surface area (Å²) in [6.07, 6.45) is 0.851. The van der Waals surface area contributed by atoms with Crippen molar-refractivity contribution in [1.29, 1.82) is 0 Å². The molecular formula is C12H22N2O2S2. The molecule has 104 valence electrons. The highest BCUT2D eigenvalue weighted by Gasteiger charge is 2.22. The second-order valence-corrected chi connectivity index (χ2v) is 7.45. The van der Waals surface area contributed by atoms with Crippen molar-refractivity contribution in [2.24, 2.45) is 5.92 Å². The summed E-state index contributed by atoms with van der Waals surface area (Å²) in [5.41, 5.74) is 0.822. The summed E-state index contributed by atoms with van der Waals surface area (Å²) in [7, 11) is -1.56. The van der Waals surface area contributed by atoms with Gasteiger partial charge in [-0.25, -0.2) is 13.1 Å². The predicted octanol–water partition coefficient (Wildman–Crippen LogP) is 2.10. The van der Waals surface area contributed by atoms with Crippen LogP contribution in [0.4, 0.5) is 0 Å². The number of thiophene rings is 1. The first-order chi connectivity index (χ1) is 8.38. The van der Waals surface area contributed by atoms with E-state index in [1.165, 1.54) is 11.3 Å². The van der Waals surface area contributed by atoms with Gasteiger partial charge in [0, 0.05) is 18.0 Å². The van der Waals surface area contributed by atoms with Crippen molar-refractivity contribution in [2.75, 3.05) is 13.6 Å². The summed E-state index contributed by atoms with van der Waals surface area (Å²) in [6.45, 7) is 7.08. The number of hydrogen-bond donors (Lipinski definition) is 2. The molecule has 1 rings (SSSR count). The fraction of sp³-hybridized carbons (Fsp3) is 0.667. The summed E-state index contributed by atoms with van der Waals surface area (Å²) in [5, 5.41) is 4.89. The number of hydrogen-bond acceptors (Lipinski definition) is 4. The molecule has 1 heterocycles. The van der Waals surface area contributed by atoms with E-state index in [1.54, 1.807) is 0 Å². The minimum atomic E-state index is -3.38. The van der Waals surface area contributed by atoms with Gasteiger partial charge in [-0.05, 0) is 37.3 Å². The molecule has 0 saturated heterocycles. The molecule has 18 heavy (non-hydrogen) atoms. The second kappa shape index (κ2) is 6.65. The van der Waals surface area contributed by atoms with E-state index in [0.717, 1.165) is 16.9 Å². The van der Waals surface area contributed by atoms with Crippen LogP contribution < -0.4 is 10.0 Å². The van der Waals surface area contributed by atoms with E-state index in [4.69, 9.17) is 0 Å². The van der Waals surface area contributed by atoms with E-state index < -0.39 is 10.0 Å². The van der Waals surface area contributed by atoms with Gasteiger partial charge in [0.1, 0.15) is 4.90 Å². The Hall–Kier alpha value is -0.430. The van der Waals surface area contributed by atoms with Gasteiger partial charge >= 0.3 is 0 Å². The number of aryl methyl sites for hydroxylation is 1. The van der Waals surface area contributed by atoms with Crippen molar-refractivity contribution in [2.45, 2.75) is 38.6 Å². The number of sulfonamides is 1. The van der Waals surface area contributed by atoms with Crippen LogP contribution in [0.25, 0.3) is 0 Å². The van der Waals surface area contributed by atoms with Gasteiger partial charge < -0.3 is 5.32 Å². The van der Waals surface area contributed by atoms with Crippen molar-refractivity contribution in [3.05, 3.63) is 15.8 Å². The van der Waals surface area contributed by atoms with Gasteiger partial charge in [0.25, 0.3) is 0 Å². The standard InChI is InChI=1S/C12H22N2O2S2/c1-9(2)5-6-14-18(15,16)12-10(3)8-17-11(12)7-13-4/h8-9,13-14H,5-7H2,1-4H3. The largest absolute Gasteiger partial charge is 0.315 e. The van der Waals surface area contributed by atoms with E-state index >= 15 is 0 Å². The third-order valence-corrected chi connectivity index (χ3v) is 5.53. The molecule has 0 bridgehead atoms. The first kappa shape index (κ1) is 15.6. The van der Waals surface area contributed by atoms with E-state index in [0.29, 0.717) is 23.9 Å². The summed E-state index contributed by atoms with van der Waals surface area (Å²) in [6, 6.07) is 0. The van der Waals surface area contributed by atoms with Crippen LogP contribution in [0.1, 0.15) is 30.7 Å². The fourth-order valence-electron chi connectivity index (χ4n) is 1.68. The van der Waals surface area contributed by atoms with Gasteiger partial charge in [0.05, 0.1) is 0 Å². The number of rotatable bonds is 7. The molecule has 2 N–H and O–H groups in total. The first-order valence-electron chi connectivity index (χ1n) is 6.09. The maximum absolute atomic E-state index is 12.3. The van der Waals surface area contributed by atoms with Gasteiger partial charge in [0.15, 0.2) is 0 Å². The molecule has 0 unspecified atom stereocenters. The zero-order valence-electron chi connectivity index (χ0n) is 11.4. The monoisotopic (exact) mass is 290 g/mol. The lowest BCUT2D eigenvalue weighted by Crippen LogP contribution is -2.27. The molecule has 0 atom stereocenters. The van der Waals surface area contributed by atoms with Crippen molar-refractivity contribution < 1.29 is 8.42 Å². The molecule has 0 aromatic carbocycles. The molecule has 0 aliphatic carbocycles. The molecular weight excluding hydrogens is 268 g/mol. The van der Waals surface area contributed by atoms with E-state index in [9.17, 15) is 8.42 Å². The average molecular weight is 290 g/mol. The molecule has 0 fully saturated rings. The van der Waals surface area contributed by atoms with Crippen LogP contribution in [0.15, 0.2) is 10.3 Å². The Morgan fingerprint density at radius 2 is 2.06 bits per heavy atom. The van der Waals surface area contributed by atoms with Crippen molar-refractivity contribution in [3.8, 4) is 0 Å². The Labute approximate surface area is 114 Å². The van der Waals surface area contributed by atoms with Crippen LogP contribution in [0.2, 0.25) is 0 Å². The molecule has 0 saturated carbocycles. The topological polar surface area (TPSA) is 58.2 Å². The van der Waals surface area contributed by atoms with Gasteiger partial charge in [-0.3, -0.25) is 0 Å². The molecule has 0 radical (unpaired) electrons. The quantitative estimate of drug-likeness (QED) is 0.808. The zero-order chi connectivity index (χ0) is 13.8. The smallest absolute Gasteiger partial charge is 0.241 e. The predicted molar refractivity (Wildman–Crippen MR) is 76.5 cm³/mol. The van der Waals surface area contributed by atoms with Crippen molar-refractivity contribution >= 4 is 21.4 Å². The Balaban J connectivity index is 2.87. The van der Waals surface area contributed by atoms with Crippen molar-refractivity contribution in [1.82, 2.24) is 10.0 Å². The number of nitrogens with one attached hydrogen (secondary N) is 2. The molecule has 1 aromatic rings. The zero-order valence-corrected chi connectivity index (χ0v) is 13.0. The summed E-state index contributed by atoms with van der Waals surface area (Å²) < 4.78 is 27.2. The minimum Gasteiger partial charge on any atom is -0.315 e. The highest BCUT2D eigenvalue weighted by molar-refractivity contribution is 7.89. The van der Waals surface area contributed by atoms with Crippen LogP contribution in [0.3, 0.4) is 0 Å². The maximum atomic E-state index is 12.3. The molecule has 6 heteroatoms. The SMILES string of the molecule is CNCc1scc(C)c1S(=O)(=O)NCCC(C)C. The maximum Gasteiger partial charge on any atom is 0.241 e. The van der Waals surface area contributed by atoms with Crippen LogP contribution >= 0.6 is 11.3 Å². The molecule has 4 nitrogen and oxygen atoms in total. The van der Waals surface area contributed by atoms with E-state index in [2.05, 4.69) is 23.9 Å². The third kappa shape index (κ3) is 4.05. The van der Waals surface area contributed by atoms with Gasteiger partial charge in [-0.1, -0.05) is 13.8 Å². The van der Waals surface area contributed by atoms with Gasteiger partial charge in [-0.2, -0.15) is 0 Å². The minimum absolute atomic E-state index is 0.450. The molecule has 0 aliphatic rings. The third-order valence-electron chi connectivity index (χ3n) is 2.61. The summed E-state index contributed by atoms with van der Waals surface area (Å²) in [4.78, 5) is 1.32. The Kier molecular flexibility index (Phi) is 5.78. The van der Waals surface area contributed by atoms with E-state index in [-0.39, 0.29) is 0 Å². The summed E-state index contributed by atoms with van der Waals surface area (Å²) >= 11 is 1.49. The van der Waals surface area contributed by atoms with Crippen LogP contribution in [0.5, 0.6) is 0 Å². The Bertz CT molecular complexity index is 478. The van der Waals surface area contributed by atoms with Crippen LogP contribution in [-0.4, -0.2) is 22.0 Å². The highest BCUT2D eigenvalue weighted by atomic mass is 32.2. The summed E-state index contributed by atoms with van der Waals surface area (Å²) in [5.74, 6) is 0.494. The lowest BCUT2D eigenvalue weighted by molar-refractivity contribution is 0.550. The molecule has 0 amide bonds. The van der Waals surface area contributed by atoms with E-state index in [1.807, 2.05) is 19.4 Å². The highest BCUT2D eigenvalue weighted by Crippen LogP contribution is 2.26.